The van der Waals surface area contributed by atoms with Crippen LogP contribution in [0.5, 0.6) is 0 Å². The number of aromatic nitrogens is 3. The van der Waals surface area contributed by atoms with Crippen LogP contribution in [0.2, 0.25) is 0 Å². The first-order valence-corrected chi connectivity index (χ1v) is 22.4. The van der Waals surface area contributed by atoms with Gasteiger partial charge in [0.05, 0.1) is 5.70 Å². The van der Waals surface area contributed by atoms with Crippen LogP contribution in [-0.2, 0) is 0 Å². The third kappa shape index (κ3) is 7.39. The number of nitrogens with zero attached hydrogens (tertiary/aromatic N) is 5. The summed E-state index contributed by atoms with van der Waals surface area (Å²) in [5.74, 6) is 2.77. The summed E-state index contributed by atoms with van der Waals surface area (Å²) in [6.07, 6.45) is 0.891. The van der Waals surface area contributed by atoms with Gasteiger partial charge in [0.25, 0.3) is 0 Å². The van der Waals surface area contributed by atoms with Crippen LogP contribution in [0.3, 0.4) is 0 Å². The number of rotatable bonds is 8. The minimum atomic E-state index is 0.666. The van der Waals surface area contributed by atoms with E-state index in [-0.39, 0.29) is 0 Å². The molecule has 0 radical (unpaired) electrons. The topological polar surface area (TPSA) is 63.4 Å². The molecule has 0 saturated carbocycles. The predicted octanol–water partition coefficient (Wildman–Crippen LogP) is 15.2. The van der Waals surface area contributed by atoms with Crippen molar-refractivity contribution in [3.8, 4) is 56.4 Å². The predicted molar refractivity (Wildman–Crippen MR) is 270 cm³/mol. The van der Waals surface area contributed by atoms with Crippen molar-refractivity contribution in [1.82, 2.24) is 15.0 Å². The Hall–Kier alpha value is -7.11. The second-order valence-electron chi connectivity index (χ2n) is 17.6. The fourth-order valence-corrected chi connectivity index (χ4v) is 9.69. The summed E-state index contributed by atoms with van der Waals surface area (Å²) < 4.78 is 0. The maximum absolute atomic E-state index is 5.53. The van der Waals surface area contributed by atoms with E-state index in [9.17, 15) is 0 Å². The maximum Gasteiger partial charge on any atom is 0.164 e. The molecular weight excluding hydrogens is 779 g/mol. The molecule has 8 aromatic rings. The van der Waals surface area contributed by atoms with Gasteiger partial charge >= 0.3 is 0 Å². The number of amidine groups is 1. The molecular formula is C59H55N5. The van der Waals surface area contributed by atoms with E-state index in [1.165, 1.54) is 49.9 Å². The summed E-state index contributed by atoms with van der Waals surface area (Å²) >= 11 is 0. The molecule has 0 unspecified atom stereocenters. The maximum atomic E-state index is 5.53. The Morgan fingerprint density at radius 1 is 0.438 bits per heavy atom. The molecule has 0 spiro atoms. The molecule has 0 amide bonds. The average Bonchev–Trinajstić information content (AvgIpc) is 3.59. The van der Waals surface area contributed by atoms with Crippen LogP contribution in [0.1, 0.15) is 88.4 Å². The minimum Gasteiger partial charge on any atom is -0.233 e. The SMILES string of the molecule is CC/C(C)=C(/N=C(N=C(C)c1ccc2c(c1)-c1cccc3c(-c4nc(-c5c(C)cccc5C)nc(-c5c(C)cccc5C)n4)ccc-2c13)c1c(C)cccc1C)c1c(C)cccc1C. The number of aryl methyl sites for hydroxylation is 8. The van der Waals surface area contributed by atoms with Crippen LogP contribution in [0, 0.1) is 55.4 Å². The highest BCUT2D eigenvalue weighted by Crippen LogP contribution is 2.49. The lowest BCUT2D eigenvalue weighted by Gasteiger charge is -2.17. The van der Waals surface area contributed by atoms with E-state index in [4.69, 9.17) is 24.9 Å². The molecule has 7 aromatic carbocycles. The van der Waals surface area contributed by atoms with Gasteiger partial charge < -0.3 is 0 Å². The number of hydrogen-bond donors (Lipinski definition) is 0. The summed E-state index contributed by atoms with van der Waals surface area (Å²) in [4.78, 5) is 26.7. The van der Waals surface area contributed by atoms with E-state index in [1.54, 1.807) is 0 Å². The van der Waals surface area contributed by atoms with Gasteiger partial charge in [-0.05, 0) is 176 Å². The van der Waals surface area contributed by atoms with Crippen molar-refractivity contribution in [2.24, 2.45) is 9.98 Å². The lowest BCUT2D eigenvalue weighted by Crippen LogP contribution is -2.09. The van der Waals surface area contributed by atoms with Gasteiger partial charge in [0.1, 0.15) is 0 Å². The standard InChI is InChI=1S/C59H55N5/c1-12-33(2)55(50-34(3)18-13-19-35(50)4)61-57(51-36(5)20-14-21-37(51)6)60-42(11)43-28-29-44-47-30-31-48(45-26-17-27-46(54(45)47)49(44)32-43)56-62-58(52-38(7)22-15-23-39(52)8)64-59(63-56)53-40(9)24-16-25-41(53)10/h13-32H,12H2,1-11H3/b55-33+,60-42?,61-57?. The Balaban J connectivity index is 1.19. The van der Waals surface area contributed by atoms with Gasteiger partial charge in [-0.25, -0.2) is 24.9 Å². The summed E-state index contributed by atoms with van der Waals surface area (Å²) in [6, 6.07) is 43.5. The molecule has 5 nitrogen and oxygen atoms in total. The van der Waals surface area contributed by atoms with Gasteiger partial charge in [0.2, 0.25) is 0 Å². The molecule has 1 aliphatic rings. The number of benzene rings is 7. The van der Waals surface area contributed by atoms with Crippen molar-refractivity contribution in [3.63, 3.8) is 0 Å². The fourth-order valence-electron chi connectivity index (χ4n) is 9.69. The number of aliphatic imine (C=N–C) groups is 2. The Kier molecular flexibility index (Phi) is 11.1. The monoisotopic (exact) mass is 833 g/mol. The highest BCUT2D eigenvalue weighted by molar-refractivity contribution is 6.20. The molecule has 1 heterocycles. The number of allylic oxidation sites excluding steroid dienone is 1. The van der Waals surface area contributed by atoms with Crippen molar-refractivity contribution in [2.75, 3.05) is 0 Å². The third-order valence-electron chi connectivity index (χ3n) is 13.2. The van der Waals surface area contributed by atoms with E-state index in [0.29, 0.717) is 17.5 Å². The lowest BCUT2D eigenvalue weighted by molar-refractivity contribution is 1.06. The molecule has 1 aromatic heterocycles. The molecule has 1 aliphatic carbocycles. The van der Waals surface area contributed by atoms with Crippen molar-refractivity contribution >= 4 is 28.0 Å². The highest BCUT2D eigenvalue weighted by atomic mass is 15.0. The zero-order valence-electron chi connectivity index (χ0n) is 39.0. The quantitative estimate of drug-likeness (QED) is 0.113. The molecule has 9 rings (SSSR count). The van der Waals surface area contributed by atoms with E-state index in [1.807, 2.05) is 0 Å². The van der Waals surface area contributed by atoms with E-state index in [0.717, 1.165) is 90.2 Å². The first-order chi connectivity index (χ1) is 30.8. The number of fused-ring (bicyclic) bond motifs is 3. The zero-order chi connectivity index (χ0) is 45.0. The first-order valence-electron chi connectivity index (χ1n) is 22.4. The second-order valence-corrected chi connectivity index (χ2v) is 17.6. The van der Waals surface area contributed by atoms with Crippen molar-refractivity contribution in [2.45, 2.75) is 82.6 Å². The van der Waals surface area contributed by atoms with Gasteiger partial charge in [-0.15, -0.1) is 0 Å². The molecule has 0 aliphatic heterocycles. The van der Waals surface area contributed by atoms with Crippen LogP contribution in [0.4, 0.5) is 0 Å². The summed E-state index contributed by atoms with van der Waals surface area (Å²) in [5.41, 5.74) is 23.6. The van der Waals surface area contributed by atoms with Crippen molar-refractivity contribution in [3.05, 3.63) is 188 Å². The van der Waals surface area contributed by atoms with Crippen LogP contribution in [-0.4, -0.2) is 26.5 Å². The Labute approximate surface area is 378 Å². The summed E-state index contributed by atoms with van der Waals surface area (Å²) in [6.45, 7) is 23.7. The van der Waals surface area contributed by atoms with Crippen LogP contribution in [0.25, 0.3) is 72.9 Å². The largest absolute Gasteiger partial charge is 0.233 e. The lowest BCUT2D eigenvalue weighted by atomic mass is 9.96. The molecule has 0 saturated heterocycles. The van der Waals surface area contributed by atoms with E-state index >= 15 is 0 Å². The third-order valence-corrected chi connectivity index (χ3v) is 13.2. The zero-order valence-corrected chi connectivity index (χ0v) is 39.0. The first kappa shape index (κ1) is 42.2. The Morgan fingerprint density at radius 2 is 0.891 bits per heavy atom. The van der Waals surface area contributed by atoms with Crippen molar-refractivity contribution < 1.29 is 0 Å². The summed E-state index contributed by atoms with van der Waals surface area (Å²) in [5, 5.41) is 2.33. The van der Waals surface area contributed by atoms with Gasteiger partial charge in [0, 0.05) is 33.5 Å². The highest BCUT2D eigenvalue weighted by Gasteiger charge is 2.26. The van der Waals surface area contributed by atoms with Crippen LogP contribution < -0.4 is 0 Å². The van der Waals surface area contributed by atoms with Gasteiger partial charge in [-0.3, -0.25) is 0 Å². The average molecular weight is 834 g/mol. The fraction of sp³-hybridized carbons (Fsp3) is 0.203. The van der Waals surface area contributed by atoms with Crippen molar-refractivity contribution in [1.29, 1.82) is 0 Å². The normalized spacial score (nSPS) is 12.8. The van der Waals surface area contributed by atoms with Gasteiger partial charge in [-0.1, -0.05) is 116 Å². The molecule has 64 heavy (non-hydrogen) atoms. The molecule has 0 bridgehead atoms. The van der Waals surface area contributed by atoms with E-state index in [2.05, 4.69) is 197 Å². The summed E-state index contributed by atoms with van der Waals surface area (Å²) in [7, 11) is 0. The Morgan fingerprint density at radius 3 is 1.44 bits per heavy atom. The van der Waals surface area contributed by atoms with E-state index < -0.39 is 0 Å². The van der Waals surface area contributed by atoms with Gasteiger partial charge in [-0.2, -0.15) is 0 Å². The molecule has 0 atom stereocenters. The number of hydrogen-bond acceptors (Lipinski definition) is 4. The second kappa shape index (κ2) is 16.9. The minimum absolute atomic E-state index is 0.666. The smallest absolute Gasteiger partial charge is 0.164 e. The molecule has 5 heteroatoms. The molecule has 316 valence electrons. The van der Waals surface area contributed by atoms with Crippen LogP contribution >= 0.6 is 0 Å². The molecule has 0 fully saturated rings. The Bertz CT molecular complexity index is 3160. The van der Waals surface area contributed by atoms with Gasteiger partial charge in [0.15, 0.2) is 23.3 Å². The molecule has 0 N–H and O–H groups in total. The van der Waals surface area contributed by atoms with Crippen LogP contribution in [0.15, 0.2) is 137 Å².